The summed E-state index contributed by atoms with van der Waals surface area (Å²) in [5, 5.41) is 5.17. The molecule has 0 aliphatic carbocycles. The smallest absolute Gasteiger partial charge is 0.269 e. The lowest BCUT2D eigenvalue weighted by Gasteiger charge is -2.10. The van der Waals surface area contributed by atoms with Crippen molar-refractivity contribution < 1.29 is 22.8 Å². The van der Waals surface area contributed by atoms with Gasteiger partial charge in [-0.05, 0) is 55.3 Å². The van der Waals surface area contributed by atoms with Crippen molar-refractivity contribution in [2.75, 3.05) is 13.1 Å². The first kappa shape index (κ1) is 24.2. The van der Waals surface area contributed by atoms with E-state index in [2.05, 4.69) is 15.6 Å². The quantitative estimate of drug-likeness (QED) is 0.189. The second kappa shape index (κ2) is 9.61. The van der Waals surface area contributed by atoms with Crippen LogP contribution >= 0.6 is 11.6 Å². The van der Waals surface area contributed by atoms with Gasteiger partial charge in [0, 0.05) is 15.9 Å². The number of hydrogen-bond donors (Lipinski definition) is 5. The fourth-order valence-corrected chi connectivity index (χ4v) is 5.29. The Morgan fingerprint density at radius 2 is 1.61 bits per heavy atom. The van der Waals surface area contributed by atoms with Gasteiger partial charge in [-0.1, -0.05) is 17.7 Å². The van der Waals surface area contributed by atoms with Crippen LogP contribution in [0, 0.1) is 13.8 Å². The summed E-state index contributed by atoms with van der Waals surface area (Å²) in [6.45, 7) is 2.68. The Morgan fingerprint density at radius 3 is 2.24 bits per heavy atom. The largest absolute Gasteiger partial charge is 0.349 e. The standard InChI is InChI=1S/C21H22ClN5O5S/c1-11-5-12(2)7-14(6-11)33(31,32)20-15-8-13(22)3-4-16(15)26-19(20)21(30)25-9-17(28)24-10-18(29)27-23/h3-8,26H,9-10,23H2,1-2H3,(H,24,28)(H,25,30)(H,27,29). The maximum atomic E-state index is 13.6. The molecule has 1 aromatic heterocycles. The van der Waals surface area contributed by atoms with Crippen molar-refractivity contribution in [2.45, 2.75) is 23.6 Å². The molecule has 10 nitrogen and oxygen atoms in total. The number of carbonyl (C=O) groups is 3. The highest BCUT2D eigenvalue weighted by molar-refractivity contribution is 7.91. The third-order valence-electron chi connectivity index (χ3n) is 4.73. The van der Waals surface area contributed by atoms with Gasteiger partial charge in [0.25, 0.3) is 11.8 Å². The molecule has 3 amide bonds. The second-order valence-electron chi connectivity index (χ2n) is 7.37. The number of benzene rings is 2. The Kier molecular flexibility index (Phi) is 7.06. The molecule has 12 heteroatoms. The zero-order chi connectivity index (χ0) is 24.3. The van der Waals surface area contributed by atoms with Gasteiger partial charge < -0.3 is 15.6 Å². The fourth-order valence-electron chi connectivity index (χ4n) is 3.33. The molecule has 0 radical (unpaired) electrons. The van der Waals surface area contributed by atoms with E-state index in [1.165, 1.54) is 18.2 Å². The minimum atomic E-state index is -4.14. The highest BCUT2D eigenvalue weighted by atomic mass is 35.5. The van der Waals surface area contributed by atoms with E-state index in [-0.39, 0.29) is 27.4 Å². The van der Waals surface area contributed by atoms with E-state index in [4.69, 9.17) is 17.4 Å². The Labute approximate surface area is 194 Å². The van der Waals surface area contributed by atoms with Gasteiger partial charge in [-0.25, -0.2) is 14.3 Å². The molecule has 3 rings (SSSR count). The number of H-pyrrole nitrogens is 1. The van der Waals surface area contributed by atoms with Crippen LogP contribution in [0.4, 0.5) is 0 Å². The van der Waals surface area contributed by atoms with Crippen molar-refractivity contribution in [1.82, 2.24) is 21.0 Å². The van der Waals surface area contributed by atoms with Gasteiger partial charge in [-0.15, -0.1) is 0 Å². The van der Waals surface area contributed by atoms with Gasteiger partial charge >= 0.3 is 0 Å². The molecule has 3 aromatic rings. The summed E-state index contributed by atoms with van der Waals surface area (Å²) in [6.07, 6.45) is 0. The van der Waals surface area contributed by atoms with E-state index in [0.717, 1.165) is 11.1 Å². The summed E-state index contributed by atoms with van der Waals surface area (Å²) >= 11 is 6.10. The number of carbonyl (C=O) groups excluding carboxylic acids is 3. The van der Waals surface area contributed by atoms with Crippen LogP contribution < -0.4 is 21.9 Å². The number of hydrazine groups is 1. The van der Waals surface area contributed by atoms with Crippen molar-refractivity contribution in [3.05, 3.63) is 58.2 Å². The number of nitrogens with two attached hydrogens (primary N) is 1. The van der Waals surface area contributed by atoms with Gasteiger partial charge in [0.05, 0.1) is 18.0 Å². The van der Waals surface area contributed by atoms with Crippen LogP contribution in [0.3, 0.4) is 0 Å². The molecular formula is C21H22ClN5O5S. The van der Waals surface area contributed by atoms with Crippen LogP contribution in [0.5, 0.6) is 0 Å². The molecule has 2 aromatic carbocycles. The lowest BCUT2D eigenvalue weighted by molar-refractivity contribution is -0.125. The molecule has 0 bridgehead atoms. The molecule has 0 aliphatic rings. The third kappa shape index (κ3) is 5.33. The summed E-state index contributed by atoms with van der Waals surface area (Å²) in [5.74, 6) is 2.84. The second-order valence-corrected chi connectivity index (χ2v) is 9.70. The number of hydrogen-bond acceptors (Lipinski definition) is 6. The zero-order valence-electron chi connectivity index (χ0n) is 17.8. The highest BCUT2D eigenvalue weighted by Crippen LogP contribution is 2.34. The van der Waals surface area contributed by atoms with Crippen molar-refractivity contribution in [3.63, 3.8) is 0 Å². The van der Waals surface area contributed by atoms with Crippen LogP contribution in [0.15, 0.2) is 46.2 Å². The summed E-state index contributed by atoms with van der Waals surface area (Å²) in [6, 6.07) is 9.45. The SMILES string of the molecule is Cc1cc(C)cc(S(=O)(=O)c2c(C(=O)NCC(=O)NCC(=O)NN)[nH]c3ccc(Cl)cc23)c1. The lowest BCUT2D eigenvalue weighted by atomic mass is 10.2. The summed E-state index contributed by atoms with van der Waals surface area (Å²) in [4.78, 5) is 38.5. The number of fused-ring (bicyclic) bond motifs is 1. The first-order valence-corrected chi connectivity index (χ1v) is 11.6. The maximum absolute atomic E-state index is 13.6. The molecule has 0 unspecified atom stereocenters. The molecule has 0 fully saturated rings. The molecule has 0 aliphatic heterocycles. The van der Waals surface area contributed by atoms with Crippen LogP contribution in [0.2, 0.25) is 5.02 Å². The van der Waals surface area contributed by atoms with Gasteiger partial charge in [0.15, 0.2) is 0 Å². The minimum Gasteiger partial charge on any atom is -0.349 e. The summed E-state index contributed by atoms with van der Waals surface area (Å²) < 4.78 is 27.2. The van der Waals surface area contributed by atoms with E-state index in [1.807, 2.05) is 11.5 Å². The van der Waals surface area contributed by atoms with Crippen LogP contribution in [0.1, 0.15) is 21.6 Å². The van der Waals surface area contributed by atoms with E-state index in [1.54, 1.807) is 26.0 Å². The number of aryl methyl sites for hydroxylation is 2. The van der Waals surface area contributed by atoms with E-state index >= 15 is 0 Å². The molecule has 0 saturated heterocycles. The number of halogens is 1. The third-order valence-corrected chi connectivity index (χ3v) is 6.78. The Morgan fingerprint density at radius 1 is 0.970 bits per heavy atom. The fraction of sp³-hybridized carbons (Fsp3) is 0.190. The maximum Gasteiger partial charge on any atom is 0.269 e. The lowest BCUT2D eigenvalue weighted by Crippen LogP contribution is -2.43. The highest BCUT2D eigenvalue weighted by Gasteiger charge is 2.30. The molecule has 0 spiro atoms. The molecule has 174 valence electrons. The number of amides is 3. The van der Waals surface area contributed by atoms with Crippen molar-refractivity contribution in [1.29, 1.82) is 0 Å². The molecule has 33 heavy (non-hydrogen) atoms. The van der Waals surface area contributed by atoms with Gasteiger partial charge in [0.1, 0.15) is 10.6 Å². The topological polar surface area (TPSA) is 163 Å². The first-order chi connectivity index (χ1) is 15.5. The predicted molar refractivity (Wildman–Crippen MR) is 122 cm³/mol. The number of sulfone groups is 1. The summed E-state index contributed by atoms with van der Waals surface area (Å²) in [5.41, 5.74) is 3.50. The Balaban J connectivity index is 2.01. The Hall–Kier alpha value is -3.41. The van der Waals surface area contributed by atoms with Gasteiger partial charge in [-0.2, -0.15) is 0 Å². The number of nitrogens with one attached hydrogen (secondary N) is 4. The average molecular weight is 492 g/mol. The van der Waals surface area contributed by atoms with Crippen LogP contribution in [-0.4, -0.2) is 44.2 Å². The van der Waals surface area contributed by atoms with E-state index in [9.17, 15) is 22.8 Å². The van der Waals surface area contributed by atoms with Crippen molar-refractivity contribution in [3.8, 4) is 0 Å². The number of rotatable bonds is 7. The number of aromatic amines is 1. The van der Waals surface area contributed by atoms with Crippen molar-refractivity contribution >= 4 is 50.1 Å². The van der Waals surface area contributed by atoms with Gasteiger partial charge in [-0.3, -0.25) is 19.8 Å². The average Bonchev–Trinajstić information content (AvgIpc) is 3.14. The first-order valence-electron chi connectivity index (χ1n) is 9.72. The van der Waals surface area contributed by atoms with Crippen LogP contribution in [-0.2, 0) is 19.4 Å². The van der Waals surface area contributed by atoms with Crippen LogP contribution in [0.25, 0.3) is 10.9 Å². The normalized spacial score (nSPS) is 11.3. The Bertz CT molecular complexity index is 1350. The van der Waals surface area contributed by atoms with Crippen molar-refractivity contribution in [2.24, 2.45) is 5.84 Å². The zero-order valence-corrected chi connectivity index (χ0v) is 19.4. The molecule has 0 saturated carbocycles. The molecular weight excluding hydrogens is 470 g/mol. The predicted octanol–water partition coefficient (Wildman–Crippen LogP) is 1.11. The minimum absolute atomic E-state index is 0.0282. The van der Waals surface area contributed by atoms with Gasteiger partial charge in [0.2, 0.25) is 15.7 Å². The molecule has 0 atom stereocenters. The number of aromatic nitrogens is 1. The summed E-state index contributed by atoms with van der Waals surface area (Å²) in [7, 11) is -4.14. The van der Waals surface area contributed by atoms with E-state index < -0.39 is 34.1 Å². The molecule has 6 N–H and O–H groups in total. The van der Waals surface area contributed by atoms with E-state index in [0.29, 0.717) is 10.5 Å². The monoisotopic (exact) mass is 491 g/mol. The molecule has 1 heterocycles.